The van der Waals surface area contributed by atoms with Crippen molar-refractivity contribution in [2.75, 3.05) is 6.61 Å². The lowest BCUT2D eigenvalue weighted by Gasteiger charge is -2.08. The van der Waals surface area contributed by atoms with Gasteiger partial charge in [-0.3, -0.25) is 4.79 Å². The molecule has 0 amide bonds. The van der Waals surface area contributed by atoms with E-state index >= 15 is 0 Å². The Labute approximate surface area is 99.3 Å². The van der Waals surface area contributed by atoms with Crippen molar-refractivity contribution in [1.82, 2.24) is 9.97 Å². The van der Waals surface area contributed by atoms with E-state index < -0.39 is 0 Å². The molecule has 0 aliphatic rings. The van der Waals surface area contributed by atoms with E-state index in [4.69, 9.17) is 4.74 Å². The van der Waals surface area contributed by atoms with Gasteiger partial charge in [0, 0.05) is 12.8 Å². The number of aromatic amines is 1. The number of hydrogen-bond acceptors (Lipinski definition) is 3. The molecule has 4 heteroatoms. The molecule has 0 saturated heterocycles. The van der Waals surface area contributed by atoms with E-state index in [2.05, 4.69) is 9.97 Å². The number of hydrogen-bond donors (Lipinski definition) is 1. The molecule has 0 fully saturated rings. The SMILES string of the molecule is CCOCc1ccccc1-c1cnc[nH]c1=O. The first kappa shape index (κ1) is 11.5. The second kappa shape index (κ2) is 5.41. The minimum atomic E-state index is -0.135. The lowest BCUT2D eigenvalue weighted by molar-refractivity contribution is 0.134. The van der Waals surface area contributed by atoms with Gasteiger partial charge in [-0.05, 0) is 18.1 Å². The van der Waals surface area contributed by atoms with E-state index in [9.17, 15) is 4.79 Å². The molecule has 0 spiro atoms. The Kier molecular flexibility index (Phi) is 3.67. The first-order valence-electron chi connectivity index (χ1n) is 5.51. The van der Waals surface area contributed by atoms with Crippen LogP contribution in [0.15, 0.2) is 41.6 Å². The fraction of sp³-hybridized carbons (Fsp3) is 0.231. The third-order valence-corrected chi connectivity index (χ3v) is 2.49. The molecule has 0 bridgehead atoms. The highest BCUT2D eigenvalue weighted by Crippen LogP contribution is 2.20. The third kappa shape index (κ3) is 2.60. The van der Waals surface area contributed by atoms with Gasteiger partial charge in [-0.15, -0.1) is 0 Å². The van der Waals surface area contributed by atoms with E-state index in [1.54, 1.807) is 6.20 Å². The van der Waals surface area contributed by atoms with Gasteiger partial charge in [0.15, 0.2) is 0 Å². The van der Waals surface area contributed by atoms with E-state index in [0.717, 1.165) is 11.1 Å². The van der Waals surface area contributed by atoms with Crippen LogP contribution < -0.4 is 5.56 Å². The molecule has 1 heterocycles. The van der Waals surface area contributed by atoms with Crippen molar-refractivity contribution in [2.45, 2.75) is 13.5 Å². The average molecular weight is 230 g/mol. The van der Waals surface area contributed by atoms with Gasteiger partial charge < -0.3 is 9.72 Å². The molecule has 2 rings (SSSR count). The maximum absolute atomic E-state index is 11.7. The van der Waals surface area contributed by atoms with Gasteiger partial charge in [0.05, 0.1) is 18.5 Å². The number of H-pyrrole nitrogens is 1. The lowest BCUT2D eigenvalue weighted by atomic mass is 10.0. The van der Waals surface area contributed by atoms with Crippen LogP contribution in [0.1, 0.15) is 12.5 Å². The Bertz CT molecular complexity index is 549. The summed E-state index contributed by atoms with van der Waals surface area (Å²) in [5.74, 6) is 0. The molecular formula is C13H14N2O2. The van der Waals surface area contributed by atoms with Crippen molar-refractivity contribution in [3.8, 4) is 11.1 Å². The summed E-state index contributed by atoms with van der Waals surface area (Å²) in [6, 6.07) is 7.69. The molecule has 1 aromatic heterocycles. The number of nitrogens with one attached hydrogen (secondary N) is 1. The number of benzene rings is 1. The zero-order chi connectivity index (χ0) is 12.1. The monoisotopic (exact) mass is 230 g/mol. The fourth-order valence-corrected chi connectivity index (χ4v) is 1.66. The van der Waals surface area contributed by atoms with Crippen LogP contribution in [0.3, 0.4) is 0 Å². The Morgan fingerprint density at radius 2 is 2.12 bits per heavy atom. The summed E-state index contributed by atoms with van der Waals surface area (Å²) >= 11 is 0. The zero-order valence-electron chi connectivity index (χ0n) is 9.64. The highest BCUT2D eigenvalue weighted by molar-refractivity contribution is 5.65. The maximum Gasteiger partial charge on any atom is 0.258 e. The molecule has 0 aliphatic carbocycles. The Hall–Kier alpha value is -1.94. The van der Waals surface area contributed by atoms with Gasteiger partial charge in [0.1, 0.15) is 0 Å². The maximum atomic E-state index is 11.7. The van der Waals surface area contributed by atoms with Gasteiger partial charge in [-0.2, -0.15) is 0 Å². The summed E-state index contributed by atoms with van der Waals surface area (Å²) in [7, 11) is 0. The molecule has 4 nitrogen and oxygen atoms in total. The number of nitrogens with zero attached hydrogens (tertiary/aromatic N) is 1. The molecule has 2 aromatic rings. The molecular weight excluding hydrogens is 216 g/mol. The van der Waals surface area contributed by atoms with Gasteiger partial charge in [-0.1, -0.05) is 24.3 Å². The van der Waals surface area contributed by atoms with E-state index in [1.165, 1.54) is 6.33 Å². The lowest BCUT2D eigenvalue weighted by Crippen LogP contribution is -2.09. The average Bonchev–Trinajstić information content (AvgIpc) is 2.37. The van der Waals surface area contributed by atoms with Crippen LogP contribution in [0, 0.1) is 0 Å². The molecule has 0 unspecified atom stereocenters. The van der Waals surface area contributed by atoms with Crippen molar-refractivity contribution in [1.29, 1.82) is 0 Å². The van der Waals surface area contributed by atoms with Crippen LogP contribution in [0.25, 0.3) is 11.1 Å². The van der Waals surface area contributed by atoms with Crippen LogP contribution in [-0.4, -0.2) is 16.6 Å². The van der Waals surface area contributed by atoms with Crippen LogP contribution in [0.4, 0.5) is 0 Å². The molecule has 1 N–H and O–H groups in total. The Morgan fingerprint density at radius 3 is 2.88 bits per heavy atom. The largest absolute Gasteiger partial charge is 0.377 e. The highest BCUT2D eigenvalue weighted by atomic mass is 16.5. The van der Waals surface area contributed by atoms with Crippen LogP contribution in [-0.2, 0) is 11.3 Å². The Morgan fingerprint density at radius 1 is 1.29 bits per heavy atom. The van der Waals surface area contributed by atoms with Gasteiger partial charge in [0.25, 0.3) is 5.56 Å². The smallest absolute Gasteiger partial charge is 0.258 e. The number of rotatable bonds is 4. The van der Waals surface area contributed by atoms with Crippen molar-refractivity contribution in [3.63, 3.8) is 0 Å². The predicted octanol–water partition coefficient (Wildman–Crippen LogP) is 1.97. The molecule has 88 valence electrons. The van der Waals surface area contributed by atoms with E-state index in [1.807, 2.05) is 31.2 Å². The van der Waals surface area contributed by atoms with Crippen molar-refractivity contribution in [2.24, 2.45) is 0 Å². The highest BCUT2D eigenvalue weighted by Gasteiger charge is 2.07. The molecule has 17 heavy (non-hydrogen) atoms. The fourth-order valence-electron chi connectivity index (χ4n) is 1.66. The second-order valence-electron chi connectivity index (χ2n) is 3.59. The second-order valence-corrected chi connectivity index (χ2v) is 3.59. The number of aromatic nitrogens is 2. The summed E-state index contributed by atoms with van der Waals surface area (Å²) < 4.78 is 5.39. The molecule has 1 aromatic carbocycles. The van der Waals surface area contributed by atoms with Gasteiger partial charge in [0.2, 0.25) is 0 Å². The first-order valence-corrected chi connectivity index (χ1v) is 5.51. The van der Waals surface area contributed by atoms with E-state index in [-0.39, 0.29) is 5.56 Å². The van der Waals surface area contributed by atoms with Crippen LogP contribution >= 0.6 is 0 Å². The third-order valence-electron chi connectivity index (χ3n) is 2.49. The van der Waals surface area contributed by atoms with Crippen LogP contribution in [0.5, 0.6) is 0 Å². The summed E-state index contributed by atoms with van der Waals surface area (Å²) in [5, 5.41) is 0. The quantitative estimate of drug-likeness (QED) is 0.873. The predicted molar refractivity (Wildman–Crippen MR) is 65.6 cm³/mol. The number of ether oxygens (including phenoxy) is 1. The standard InChI is InChI=1S/C13H14N2O2/c1-2-17-8-10-5-3-4-6-11(10)12-7-14-9-15-13(12)16/h3-7,9H,2,8H2,1H3,(H,14,15,16). The zero-order valence-corrected chi connectivity index (χ0v) is 9.64. The van der Waals surface area contributed by atoms with Crippen molar-refractivity contribution >= 4 is 0 Å². The topological polar surface area (TPSA) is 55.0 Å². The normalized spacial score (nSPS) is 10.4. The summed E-state index contributed by atoms with van der Waals surface area (Å²) in [6.07, 6.45) is 2.96. The Balaban J connectivity index is 2.45. The minimum Gasteiger partial charge on any atom is -0.377 e. The van der Waals surface area contributed by atoms with E-state index in [0.29, 0.717) is 18.8 Å². The van der Waals surface area contributed by atoms with Crippen molar-refractivity contribution < 1.29 is 4.74 Å². The summed E-state index contributed by atoms with van der Waals surface area (Å²) in [4.78, 5) is 18.2. The van der Waals surface area contributed by atoms with Gasteiger partial charge in [-0.25, -0.2) is 4.98 Å². The summed E-state index contributed by atoms with van der Waals surface area (Å²) in [6.45, 7) is 3.10. The summed E-state index contributed by atoms with van der Waals surface area (Å²) in [5.41, 5.74) is 2.30. The molecule has 0 atom stereocenters. The van der Waals surface area contributed by atoms with Crippen molar-refractivity contribution in [3.05, 3.63) is 52.7 Å². The molecule has 0 aliphatic heterocycles. The van der Waals surface area contributed by atoms with Gasteiger partial charge >= 0.3 is 0 Å². The molecule has 0 saturated carbocycles. The molecule has 0 radical (unpaired) electrons. The first-order chi connectivity index (χ1) is 8.33. The van der Waals surface area contributed by atoms with Crippen LogP contribution in [0.2, 0.25) is 0 Å². The minimum absolute atomic E-state index is 0.135.